The van der Waals surface area contributed by atoms with Crippen molar-refractivity contribution in [3.63, 3.8) is 0 Å². The fourth-order valence-electron chi connectivity index (χ4n) is 2.08. The predicted molar refractivity (Wildman–Crippen MR) is 77.8 cm³/mol. The lowest BCUT2D eigenvalue weighted by atomic mass is 9.96. The van der Waals surface area contributed by atoms with E-state index in [1.54, 1.807) is 18.2 Å². The Morgan fingerprint density at radius 1 is 1.10 bits per heavy atom. The molecule has 3 nitrogen and oxygen atoms in total. The molecule has 110 valence electrons. The predicted octanol–water partition coefficient (Wildman–Crippen LogP) is 3.54. The Morgan fingerprint density at radius 2 is 1.76 bits per heavy atom. The number of carbonyl (C=O) groups is 1. The number of halogens is 1. The monoisotopic (exact) mass is 288 g/mol. The van der Waals surface area contributed by atoms with Gasteiger partial charge in [-0.2, -0.15) is 0 Å². The Labute approximate surface area is 123 Å². The van der Waals surface area contributed by atoms with Crippen molar-refractivity contribution in [1.82, 2.24) is 0 Å². The topological polar surface area (TPSA) is 46.5 Å². The summed E-state index contributed by atoms with van der Waals surface area (Å²) in [5.41, 5.74) is 0.421. The minimum absolute atomic E-state index is 0.167. The van der Waals surface area contributed by atoms with Crippen molar-refractivity contribution < 1.29 is 19.0 Å². The maximum Gasteiger partial charge on any atom is 0.306 e. The molecule has 1 unspecified atom stereocenters. The number of aliphatic carboxylic acids is 1. The summed E-state index contributed by atoms with van der Waals surface area (Å²) in [6.45, 7) is 0.287. The SMILES string of the molecule is O=C(O)C(CCOc1ccccc1)Cc1ccccc1F. The second-order valence-electron chi connectivity index (χ2n) is 4.78. The summed E-state index contributed by atoms with van der Waals surface area (Å²) < 4.78 is 19.1. The van der Waals surface area contributed by atoms with Gasteiger partial charge in [-0.25, -0.2) is 4.39 Å². The van der Waals surface area contributed by atoms with Crippen molar-refractivity contribution >= 4 is 5.97 Å². The van der Waals surface area contributed by atoms with Crippen molar-refractivity contribution in [2.24, 2.45) is 5.92 Å². The van der Waals surface area contributed by atoms with Crippen LogP contribution < -0.4 is 4.74 Å². The third kappa shape index (κ3) is 4.60. The van der Waals surface area contributed by atoms with E-state index in [4.69, 9.17) is 4.74 Å². The molecule has 21 heavy (non-hydrogen) atoms. The van der Waals surface area contributed by atoms with Gasteiger partial charge in [-0.1, -0.05) is 36.4 Å². The molecule has 0 fully saturated rings. The molecule has 2 aromatic rings. The van der Waals surface area contributed by atoms with E-state index in [1.807, 2.05) is 30.3 Å². The van der Waals surface area contributed by atoms with E-state index >= 15 is 0 Å². The molecule has 2 rings (SSSR count). The highest BCUT2D eigenvalue weighted by molar-refractivity contribution is 5.70. The van der Waals surface area contributed by atoms with Crippen molar-refractivity contribution in [3.8, 4) is 5.75 Å². The summed E-state index contributed by atoms with van der Waals surface area (Å²) in [5.74, 6) is -1.26. The van der Waals surface area contributed by atoms with E-state index in [0.717, 1.165) is 0 Å². The van der Waals surface area contributed by atoms with Crippen molar-refractivity contribution in [2.75, 3.05) is 6.61 Å². The van der Waals surface area contributed by atoms with Gasteiger partial charge in [0.05, 0.1) is 12.5 Å². The molecule has 0 bridgehead atoms. The molecule has 1 N–H and O–H groups in total. The van der Waals surface area contributed by atoms with E-state index in [0.29, 0.717) is 17.7 Å². The van der Waals surface area contributed by atoms with Crippen LogP contribution in [-0.2, 0) is 11.2 Å². The summed E-state index contributed by atoms with van der Waals surface area (Å²) >= 11 is 0. The molecule has 0 aromatic heterocycles. The lowest BCUT2D eigenvalue weighted by Crippen LogP contribution is -2.20. The van der Waals surface area contributed by atoms with Gasteiger partial charge in [0, 0.05) is 0 Å². The van der Waals surface area contributed by atoms with Crippen LogP contribution in [0.3, 0.4) is 0 Å². The normalized spacial score (nSPS) is 11.9. The highest BCUT2D eigenvalue weighted by Gasteiger charge is 2.19. The van der Waals surface area contributed by atoms with Gasteiger partial charge in [0.25, 0.3) is 0 Å². The van der Waals surface area contributed by atoms with Crippen LogP contribution >= 0.6 is 0 Å². The Hall–Kier alpha value is -2.36. The fraction of sp³-hybridized carbons (Fsp3) is 0.235. The molecule has 0 heterocycles. The first kappa shape index (κ1) is 15.0. The number of ether oxygens (including phenoxy) is 1. The zero-order valence-electron chi connectivity index (χ0n) is 11.5. The second kappa shape index (κ2) is 7.43. The molecule has 0 aliphatic heterocycles. The van der Waals surface area contributed by atoms with Gasteiger partial charge < -0.3 is 9.84 Å². The summed E-state index contributed by atoms with van der Waals surface area (Å²) in [5, 5.41) is 9.24. The first-order chi connectivity index (χ1) is 10.2. The number of benzene rings is 2. The van der Waals surface area contributed by atoms with Gasteiger partial charge in [0.2, 0.25) is 0 Å². The van der Waals surface area contributed by atoms with Crippen LogP contribution in [-0.4, -0.2) is 17.7 Å². The zero-order valence-corrected chi connectivity index (χ0v) is 11.5. The Morgan fingerprint density at radius 3 is 2.43 bits per heavy atom. The van der Waals surface area contributed by atoms with E-state index in [-0.39, 0.29) is 18.8 Å². The van der Waals surface area contributed by atoms with Crippen molar-refractivity contribution in [2.45, 2.75) is 12.8 Å². The summed E-state index contributed by atoms with van der Waals surface area (Å²) in [4.78, 5) is 11.3. The molecule has 0 radical (unpaired) electrons. The molecule has 0 amide bonds. The minimum atomic E-state index is -0.935. The van der Waals surface area contributed by atoms with Crippen molar-refractivity contribution in [3.05, 3.63) is 66.0 Å². The van der Waals surface area contributed by atoms with Gasteiger partial charge in [0.15, 0.2) is 0 Å². The Balaban J connectivity index is 1.91. The third-order valence-electron chi connectivity index (χ3n) is 3.25. The number of hydrogen-bond donors (Lipinski definition) is 1. The summed E-state index contributed by atoms with van der Waals surface area (Å²) in [6, 6.07) is 15.5. The average Bonchev–Trinajstić information content (AvgIpc) is 2.49. The van der Waals surface area contributed by atoms with Gasteiger partial charge >= 0.3 is 5.97 Å². The number of carboxylic acid groups (broad SMARTS) is 1. The van der Waals surface area contributed by atoms with Gasteiger partial charge in [0.1, 0.15) is 11.6 Å². The van der Waals surface area contributed by atoms with E-state index in [2.05, 4.69) is 0 Å². The molecule has 0 aliphatic carbocycles. The highest BCUT2D eigenvalue weighted by Crippen LogP contribution is 2.17. The van der Waals surface area contributed by atoms with Crippen LogP contribution in [0.25, 0.3) is 0 Å². The minimum Gasteiger partial charge on any atom is -0.494 e. The average molecular weight is 288 g/mol. The highest BCUT2D eigenvalue weighted by atomic mass is 19.1. The number of hydrogen-bond acceptors (Lipinski definition) is 2. The van der Waals surface area contributed by atoms with Crippen LogP contribution in [0.4, 0.5) is 4.39 Å². The number of para-hydroxylation sites is 1. The van der Waals surface area contributed by atoms with Crippen LogP contribution in [0, 0.1) is 11.7 Å². The fourth-order valence-corrected chi connectivity index (χ4v) is 2.08. The van der Waals surface area contributed by atoms with E-state index in [1.165, 1.54) is 6.07 Å². The lowest BCUT2D eigenvalue weighted by molar-refractivity contribution is -0.142. The van der Waals surface area contributed by atoms with E-state index in [9.17, 15) is 14.3 Å². The third-order valence-corrected chi connectivity index (χ3v) is 3.25. The van der Waals surface area contributed by atoms with Crippen LogP contribution in [0.15, 0.2) is 54.6 Å². The van der Waals surface area contributed by atoms with E-state index < -0.39 is 11.9 Å². The molecule has 0 spiro atoms. The Bertz CT molecular complexity index is 584. The molecule has 4 heteroatoms. The first-order valence-electron chi connectivity index (χ1n) is 6.81. The molecule has 2 aromatic carbocycles. The molecule has 0 saturated heterocycles. The molecule has 1 atom stereocenters. The number of carboxylic acids is 1. The number of rotatable bonds is 7. The quantitative estimate of drug-likeness (QED) is 0.847. The molecule has 0 saturated carbocycles. The maximum atomic E-state index is 13.6. The Kier molecular flexibility index (Phi) is 5.32. The zero-order chi connectivity index (χ0) is 15.1. The van der Waals surface area contributed by atoms with Crippen LogP contribution in [0.2, 0.25) is 0 Å². The molecular weight excluding hydrogens is 271 g/mol. The maximum absolute atomic E-state index is 13.6. The molecular formula is C17H17FO3. The van der Waals surface area contributed by atoms with Gasteiger partial charge in [-0.15, -0.1) is 0 Å². The standard InChI is InChI=1S/C17H17FO3/c18-16-9-5-4-6-13(16)12-14(17(19)20)10-11-21-15-7-2-1-3-8-15/h1-9,14H,10-12H2,(H,19,20). The second-order valence-corrected chi connectivity index (χ2v) is 4.78. The largest absolute Gasteiger partial charge is 0.494 e. The summed E-state index contributed by atoms with van der Waals surface area (Å²) in [6.07, 6.45) is 0.499. The lowest BCUT2D eigenvalue weighted by Gasteiger charge is -2.13. The smallest absolute Gasteiger partial charge is 0.306 e. The van der Waals surface area contributed by atoms with Crippen LogP contribution in [0.5, 0.6) is 5.75 Å². The van der Waals surface area contributed by atoms with Gasteiger partial charge in [-0.05, 0) is 36.6 Å². The van der Waals surface area contributed by atoms with Gasteiger partial charge in [-0.3, -0.25) is 4.79 Å². The van der Waals surface area contributed by atoms with Crippen LogP contribution in [0.1, 0.15) is 12.0 Å². The summed E-state index contributed by atoms with van der Waals surface area (Å²) in [7, 11) is 0. The first-order valence-corrected chi connectivity index (χ1v) is 6.81. The molecule has 0 aliphatic rings. The van der Waals surface area contributed by atoms with Crippen molar-refractivity contribution in [1.29, 1.82) is 0 Å².